The van der Waals surface area contributed by atoms with Gasteiger partial charge >= 0.3 is 0 Å². The summed E-state index contributed by atoms with van der Waals surface area (Å²) in [5.41, 5.74) is 3.78. The van der Waals surface area contributed by atoms with Crippen LogP contribution in [0.1, 0.15) is 29.3 Å². The lowest BCUT2D eigenvalue weighted by Crippen LogP contribution is -2.12. The monoisotopic (exact) mass is 468 g/mol. The molecule has 8 nitrogen and oxygen atoms in total. The molecule has 10 heteroatoms. The zero-order valence-corrected chi connectivity index (χ0v) is 19.1. The summed E-state index contributed by atoms with van der Waals surface area (Å²) < 4.78 is 5.26. The molecule has 4 rings (SSSR count). The summed E-state index contributed by atoms with van der Waals surface area (Å²) in [7, 11) is 0. The summed E-state index contributed by atoms with van der Waals surface area (Å²) in [6.45, 7) is 3.99. The Morgan fingerprint density at radius 1 is 1.16 bits per heavy atom. The number of aryl methyl sites for hydroxylation is 3. The molecule has 0 atom stereocenters. The van der Waals surface area contributed by atoms with Crippen LogP contribution in [-0.2, 0) is 17.0 Å². The molecule has 0 bridgehead atoms. The Hall–Kier alpha value is -3.17. The summed E-state index contributed by atoms with van der Waals surface area (Å²) in [6, 6.07) is 13.4. The zero-order valence-electron chi connectivity index (χ0n) is 17.6. The molecule has 4 aromatic rings. The minimum atomic E-state index is -0.100. The van der Waals surface area contributed by atoms with Gasteiger partial charge in [0, 0.05) is 24.1 Å². The Morgan fingerprint density at radius 2 is 1.94 bits per heavy atom. The van der Waals surface area contributed by atoms with Crippen LogP contribution in [0.25, 0.3) is 11.4 Å². The number of H-pyrrole nitrogens is 1. The molecule has 1 amide bonds. The van der Waals surface area contributed by atoms with Gasteiger partial charge in [-0.1, -0.05) is 46.7 Å². The van der Waals surface area contributed by atoms with Crippen molar-refractivity contribution >= 4 is 35.0 Å². The number of rotatable bonds is 8. The highest BCUT2D eigenvalue weighted by Crippen LogP contribution is 2.26. The van der Waals surface area contributed by atoms with Gasteiger partial charge in [0.25, 0.3) is 0 Å². The van der Waals surface area contributed by atoms with Crippen molar-refractivity contribution in [3.05, 3.63) is 70.3 Å². The topological polar surface area (TPSA) is 110 Å². The first kappa shape index (κ1) is 22.0. The number of halogens is 1. The largest absolute Gasteiger partial charge is 0.339 e. The van der Waals surface area contributed by atoms with Crippen LogP contribution in [0.5, 0.6) is 0 Å². The second-order valence-electron chi connectivity index (χ2n) is 7.26. The molecule has 0 aliphatic rings. The fourth-order valence-electron chi connectivity index (χ4n) is 3.15. The molecule has 0 aliphatic heterocycles. The molecule has 2 heterocycles. The van der Waals surface area contributed by atoms with Gasteiger partial charge in [0.15, 0.2) is 11.6 Å². The molecule has 0 spiro atoms. The highest BCUT2D eigenvalue weighted by atomic mass is 35.5. The van der Waals surface area contributed by atoms with Gasteiger partial charge in [-0.2, -0.15) is 4.98 Å². The maximum absolute atomic E-state index is 12.2. The van der Waals surface area contributed by atoms with Gasteiger partial charge in [-0.3, -0.25) is 9.89 Å². The maximum atomic E-state index is 12.2. The predicted molar refractivity (Wildman–Crippen MR) is 124 cm³/mol. The van der Waals surface area contributed by atoms with Crippen LogP contribution in [0.4, 0.5) is 5.69 Å². The lowest BCUT2D eigenvalue weighted by molar-refractivity contribution is -0.116. The van der Waals surface area contributed by atoms with Crippen molar-refractivity contribution in [1.82, 2.24) is 25.3 Å². The Kier molecular flexibility index (Phi) is 6.87. The van der Waals surface area contributed by atoms with Crippen molar-refractivity contribution in [3.8, 4) is 11.4 Å². The van der Waals surface area contributed by atoms with E-state index in [-0.39, 0.29) is 12.3 Å². The summed E-state index contributed by atoms with van der Waals surface area (Å²) in [5.74, 6) is 1.88. The standard InChI is InChI=1S/C22H21ClN6O2S/c1-13-9-14(2)11-15(10-13)24-19(30)7-8-20-25-18(29-31-20)12-32-22-26-21(27-28-22)16-5-3-4-6-17(16)23/h3-6,9-11H,7-8,12H2,1-2H3,(H,24,30)(H,26,27,28). The summed E-state index contributed by atoms with van der Waals surface area (Å²) in [6.07, 6.45) is 0.621. The molecule has 0 unspecified atom stereocenters. The quantitative estimate of drug-likeness (QED) is 0.350. The first-order valence-corrected chi connectivity index (χ1v) is 11.3. The fourth-order valence-corrected chi connectivity index (χ4v) is 4.02. The minimum Gasteiger partial charge on any atom is -0.339 e. The van der Waals surface area contributed by atoms with E-state index in [0.717, 1.165) is 22.4 Å². The number of nitrogens with one attached hydrogen (secondary N) is 2. The van der Waals surface area contributed by atoms with E-state index in [1.54, 1.807) is 6.07 Å². The summed E-state index contributed by atoms with van der Waals surface area (Å²) in [4.78, 5) is 21.0. The number of anilines is 1. The van der Waals surface area contributed by atoms with Gasteiger partial charge < -0.3 is 9.84 Å². The lowest BCUT2D eigenvalue weighted by Gasteiger charge is -2.06. The third kappa shape index (κ3) is 5.74. The van der Waals surface area contributed by atoms with E-state index in [2.05, 4.69) is 36.7 Å². The number of nitrogens with zero attached hydrogens (tertiary/aromatic N) is 4. The van der Waals surface area contributed by atoms with Crippen molar-refractivity contribution in [2.45, 2.75) is 37.6 Å². The Morgan fingerprint density at radius 3 is 2.72 bits per heavy atom. The summed E-state index contributed by atoms with van der Waals surface area (Å²) in [5, 5.41) is 15.1. The van der Waals surface area contributed by atoms with E-state index in [4.69, 9.17) is 16.1 Å². The number of aromatic nitrogens is 5. The number of thioether (sulfide) groups is 1. The molecular formula is C22H21ClN6O2S. The van der Waals surface area contributed by atoms with Gasteiger partial charge in [0.2, 0.25) is 17.0 Å². The highest BCUT2D eigenvalue weighted by molar-refractivity contribution is 7.98. The normalized spacial score (nSPS) is 11.0. The molecule has 0 radical (unpaired) electrons. The second kappa shape index (κ2) is 9.97. The number of hydrogen-bond acceptors (Lipinski definition) is 7. The van der Waals surface area contributed by atoms with Crippen LogP contribution < -0.4 is 5.32 Å². The Bertz CT molecular complexity index is 1220. The minimum absolute atomic E-state index is 0.100. The SMILES string of the molecule is Cc1cc(C)cc(NC(=O)CCc2nc(CSc3n[nH]c(-c4ccccc4Cl)n3)no2)c1. The molecule has 2 aromatic heterocycles. The van der Waals surface area contributed by atoms with Crippen LogP contribution in [0.15, 0.2) is 52.1 Å². The van der Waals surface area contributed by atoms with Crippen LogP contribution in [0, 0.1) is 13.8 Å². The van der Waals surface area contributed by atoms with Gasteiger partial charge in [-0.25, -0.2) is 4.98 Å². The van der Waals surface area contributed by atoms with Crippen molar-refractivity contribution in [2.24, 2.45) is 0 Å². The molecule has 32 heavy (non-hydrogen) atoms. The third-order valence-corrected chi connectivity index (χ3v) is 5.68. The van der Waals surface area contributed by atoms with Crippen LogP contribution in [-0.4, -0.2) is 31.2 Å². The van der Waals surface area contributed by atoms with E-state index in [0.29, 0.717) is 39.9 Å². The van der Waals surface area contributed by atoms with Crippen LogP contribution >= 0.6 is 23.4 Å². The van der Waals surface area contributed by atoms with Crippen molar-refractivity contribution in [1.29, 1.82) is 0 Å². The number of benzene rings is 2. The Labute approximate surface area is 194 Å². The molecule has 0 aliphatic carbocycles. The third-order valence-electron chi connectivity index (χ3n) is 4.51. The number of carbonyl (C=O) groups excluding carboxylic acids is 1. The first-order chi connectivity index (χ1) is 15.5. The predicted octanol–water partition coefficient (Wildman–Crippen LogP) is 4.99. The van der Waals surface area contributed by atoms with E-state index in [1.807, 2.05) is 44.2 Å². The number of carbonyl (C=O) groups is 1. The highest BCUT2D eigenvalue weighted by Gasteiger charge is 2.13. The fraction of sp³-hybridized carbons (Fsp3) is 0.227. The lowest BCUT2D eigenvalue weighted by atomic mass is 10.1. The first-order valence-electron chi connectivity index (χ1n) is 9.96. The molecule has 164 valence electrons. The van der Waals surface area contributed by atoms with E-state index in [1.165, 1.54) is 11.8 Å². The van der Waals surface area contributed by atoms with Crippen molar-refractivity contribution in [3.63, 3.8) is 0 Å². The smallest absolute Gasteiger partial charge is 0.227 e. The second-order valence-corrected chi connectivity index (χ2v) is 8.61. The number of amides is 1. The van der Waals surface area contributed by atoms with E-state index in [9.17, 15) is 4.79 Å². The van der Waals surface area contributed by atoms with Crippen molar-refractivity contribution in [2.75, 3.05) is 5.32 Å². The van der Waals surface area contributed by atoms with Crippen LogP contribution in [0.3, 0.4) is 0 Å². The van der Waals surface area contributed by atoms with Gasteiger partial charge in [-0.05, 0) is 49.2 Å². The molecule has 0 fully saturated rings. The number of hydrogen-bond donors (Lipinski definition) is 2. The zero-order chi connectivity index (χ0) is 22.5. The van der Waals surface area contributed by atoms with Gasteiger partial charge in [0.1, 0.15) is 0 Å². The molecule has 2 N–H and O–H groups in total. The van der Waals surface area contributed by atoms with Gasteiger partial charge in [-0.15, -0.1) is 5.10 Å². The number of aromatic amines is 1. The van der Waals surface area contributed by atoms with Crippen LogP contribution in [0.2, 0.25) is 5.02 Å². The maximum Gasteiger partial charge on any atom is 0.227 e. The molecule has 2 aromatic carbocycles. The van der Waals surface area contributed by atoms with E-state index < -0.39 is 0 Å². The Balaban J connectivity index is 1.27. The van der Waals surface area contributed by atoms with Gasteiger partial charge in [0.05, 0.1) is 10.8 Å². The summed E-state index contributed by atoms with van der Waals surface area (Å²) >= 11 is 7.58. The molecule has 0 saturated carbocycles. The van der Waals surface area contributed by atoms with E-state index >= 15 is 0 Å². The average Bonchev–Trinajstić information content (AvgIpc) is 3.40. The average molecular weight is 469 g/mol. The molecular weight excluding hydrogens is 448 g/mol. The molecule has 0 saturated heterocycles. The van der Waals surface area contributed by atoms with Crippen molar-refractivity contribution < 1.29 is 9.32 Å².